The van der Waals surface area contributed by atoms with Gasteiger partial charge in [0, 0.05) is 0 Å². The Bertz CT molecular complexity index is 306. The maximum absolute atomic E-state index is 12.1. The first-order valence-corrected chi connectivity index (χ1v) is 4.37. The first-order chi connectivity index (χ1) is 5.52. The molecule has 0 spiro atoms. The molecule has 0 aliphatic rings. The van der Waals surface area contributed by atoms with Crippen molar-refractivity contribution in [1.82, 2.24) is 4.98 Å². The lowest BCUT2D eigenvalue weighted by molar-refractivity contribution is 0.146. The standard InChI is InChI=1S/C6H2BrCl2F2N/c7-5-3(9)1-2(8)4(12-5)6(10)11/h1,6H. The number of halogens is 5. The summed E-state index contributed by atoms with van der Waals surface area (Å²) in [6.07, 6.45) is -2.69. The first kappa shape index (κ1) is 10.2. The molecule has 0 unspecified atom stereocenters. The molecule has 12 heavy (non-hydrogen) atoms. The third-order valence-electron chi connectivity index (χ3n) is 1.12. The number of pyridine rings is 1. The van der Waals surface area contributed by atoms with Crippen molar-refractivity contribution in [3.05, 3.63) is 26.4 Å². The van der Waals surface area contributed by atoms with Gasteiger partial charge in [-0.15, -0.1) is 0 Å². The normalized spacial score (nSPS) is 10.8. The Morgan fingerprint density at radius 2 is 1.92 bits per heavy atom. The van der Waals surface area contributed by atoms with Crippen LogP contribution in [0, 0.1) is 0 Å². The zero-order chi connectivity index (χ0) is 9.30. The molecule has 6 heteroatoms. The fourth-order valence-electron chi connectivity index (χ4n) is 0.610. The molecule has 0 atom stereocenters. The van der Waals surface area contributed by atoms with Crippen molar-refractivity contribution in [2.75, 3.05) is 0 Å². The molecule has 0 fully saturated rings. The lowest BCUT2D eigenvalue weighted by atomic mass is 10.3. The van der Waals surface area contributed by atoms with Gasteiger partial charge in [-0.3, -0.25) is 0 Å². The molecule has 1 aromatic heterocycles. The van der Waals surface area contributed by atoms with Gasteiger partial charge in [0.2, 0.25) is 0 Å². The Labute approximate surface area is 85.8 Å². The maximum Gasteiger partial charge on any atom is 0.281 e. The van der Waals surface area contributed by atoms with Crippen LogP contribution in [0.3, 0.4) is 0 Å². The van der Waals surface area contributed by atoms with E-state index in [0.717, 1.165) is 0 Å². The van der Waals surface area contributed by atoms with Crippen LogP contribution in [0.2, 0.25) is 10.0 Å². The van der Waals surface area contributed by atoms with Crippen molar-refractivity contribution in [2.45, 2.75) is 6.43 Å². The maximum atomic E-state index is 12.1. The second-order valence-corrected chi connectivity index (χ2v) is 3.49. The van der Waals surface area contributed by atoms with Crippen LogP contribution in [0.5, 0.6) is 0 Å². The van der Waals surface area contributed by atoms with Crippen LogP contribution in [0.1, 0.15) is 12.1 Å². The molecule has 1 heterocycles. The van der Waals surface area contributed by atoms with E-state index in [0.29, 0.717) is 0 Å². The third-order valence-corrected chi connectivity index (χ3v) is 2.54. The van der Waals surface area contributed by atoms with Gasteiger partial charge in [-0.1, -0.05) is 23.2 Å². The third kappa shape index (κ3) is 2.06. The van der Waals surface area contributed by atoms with Crippen molar-refractivity contribution >= 4 is 39.1 Å². The Hall–Kier alpha value is 0.0700. The highest BCUT2D eigenvalue weighted by atomic mass is 79.9. The molecule has 1 nitrogen and oxygen atoms in total. The van der Waals surface area contributed by atoms with E-state index in [9.17, 15) is 8.78 Å². The second-order valence-electron chi connectivity index (χ2n) is 1.93. The van der Waals surface area contributed by atoms with E-state index in [2.05, 4.69) is 20.9 Å². The van der Waals surface area contributed by atoms with Crippen LogP contribution in [-0.2, 0) is 0 Å². The van der Waals surface area contributed by atoms with Crippen molar-refractivity contribution in [1.29, 1.82) is 0 Å². The molecule has 0 aliphatic heterocycles. The average molecular weight is 277 g/mol. The largest absolute Gasteiger partial charge is 0.281 e. The monoisotopic (exact) mass is 275 g/mol. The van der Waals surface area contributed by atoms with Gasteiger partial charge in [0.25, 0.3) is 6.43 Å². The van der Waals surface area contributed by atoms with Crippen molar-refractivity contribution in [3.8, 4) is 0 Å². The van der Waals surface area contributed by atoms with Gasteiger partial charge in [0.15, 0.2) is 0 Å². The molecular formula is C6H2BrCl2F2N. The summed E-state index contributed by atoms with van der Waals surface area (Å²) < 4.78 is 24.4. The molecule has 1 rings (SSSR count). The minimum atomic E-state index is -2.69. The molecule has 0 radical (unpaired) electrons. The smallest absolute Gasteiger partial charge is 0.237 e. The molecule has 0 N–H and O–H groups in total. The summed E-state index contributed by atoms with van der Waals surface area (Å²) in [6.45, 7) is 0. The van der Waals surface area contributed by atoms with E-state index in [4.69, 9.17) is 23.2 Å². The summed E-state index contributed by atoms with van der Waals surface area (Å²) in [5.74, 6) is 0. The fourth-order valence-corrected chi connectivity index (χ4v) is 1.36. The Kier molecular flexibility index (Phi) is 3.26. The number of alkyl halides is 2. The highest BCUT2D eigenvalue weighted by Crippen LogP contribution is 2.31. The van der Waals surface area contributed by atoms with Crippen LogP contribution in [0.25, 0.3) is 0 Å². The number of hydrogen-bond donors (Lipinski definition) is 0. The van der Waals surface area contributed by atoms with E-state index in [-0.39, 0.29) is 14.6 Å². The quantitative estimate of drug-likeness (QED) is 0.704. The van der Waals surface area contributed by atoms with E-state index in [1.165, 1.54) is 6.07 Å². The molecule has 0 aliphatic carbocycles. The van der Waals surface area contributed by atoms with Crippen molar-refractivity contribution in [3.63, 3.8) is 0 Å². The molecule has 1 aromatic rings. The topological polar surface area (TPSA) is 12.9 Å². The van der Waals surface area contributed by atoms with Gasteiger partial charge in [0.1, 0.15) is 10.3 Å². The summed E-state index contributed by atoms with van der Waals surface area (Å²) in [6, 6.07) is 1.22. The van der Waals surface area contributed by atoms with E-state index in [1.807, 2.05) is 0 Å². The van der Waals surface area contributed by atoms with Crippen molar-refractivity contribution < 1.29 is 8.78 Å². The number of rotatable bonds is 1. The van der Waals surface area contributed by atoms with Gasteiger partial charge in [-0.05, 0) is 22.0 Å². The molecular weight excluding hydrogens is 275 g/mol. The van der Waals surface area contributed by atoms with Gasteiger partial charge < -0.3 is 0 Å². The number of nitrogens with zero attached hydrogens (tertiary/aromatic N) is 1. The Balaban J connectivity index is 3.23. The Morgan fingerprint density at radius 3 is 2.42 bits per heavy atom. The van der Waals surface area contributed by atoms with E-state index in [1.54, 1.807) is 0 Å². The van der Waals surface area contributed by atoms with Gasteiger partial charge in [0.05, 0.1) is 10.0 Å². The van der Waals surface area contributed by atoms with Gasteiger partial charge in [-0.25, -0.2) is 13.8 Å². The SMILES string of the molecule is FC(F)c1nc(Br)c(Cl)cc1Cl. The lowest BCUT2D eigenvalue weighted by Gasteiger charge is -2.03. The number of aromatic nitrogens is 1. The van der Waals surface area contributed by atoms with Crippen LogP contribution in [-0.4, -0.2) is 4.98 Å². The molecule has 66 valence electrons. The molecule has 0 saturated carbocycles. The van der Waals surface area contributed by atoms with Crippen LogP contribution >= 0.6 is 39.1 Å². The van der Waals surface area contributed by atoms with E-state index >= 15 is 0 Å². The van der Waals surface area contributed by atoms with Crippen LogP contribution in [0.4, 0.5) is 8.78 Å². The van der Waals surface area contributed by atoms with Crippen LogP contribution < -0.4 is 0 Å². The lowest BCUT2D eigenvalue weighted by Crippen LogP contribution is -1.92. The summed E-state index contributed by atoms with van der Waals surface area (Å²) in [4.78, 5) is 3.47. The summed E-state index contributed by atoms with van der Waals surface area (Å²) in [5.41, 5.74) is -0.465. The number of hydrogen-bond acceptors (Lipinski definition) is 1. The molecule has 0 saturated heterocycles. The predicted molar refractivity (Wildman–Crippen MR) is 46.9 cm³/mol. The molecule has 0 aromatic carbocycles. The van der Waals surface area contributed by atoms with Crippen LogP contribution in [0.15, 0.2) is 10.7 Å². The molecule has 0 bridgehead atoms. The van der Waals surface area contributed by atoms with Gasteiger partial charge in [-0.2, -0.15) is 0 Å². The highest BCUT2D eigenvalue weighted by Gasteiger charge is 2.15. The Morgan fingerprint density at radius 1 is 1.33 bits per heavy atom. The summed E-state index contributed by atoms with van der Waals surface area (Å²) in [7, 11) is 0. The van der Waals surface area contributed by atoms with Gasteiger partial charge >= 0.3 is 0 Å². The zero-order valence-electron chi connectivity index (χ0n) is 5.49. The van der Waals surface area contributed by atoms with Crippen molar-refractivity contribution in [2.24, 2.45) is 0 Å². The summed E-state index contributed by atoms with van der Waals surface area (Å²) >= 11 is 13.9. The second kappa shape index (κ2) is 3.85. The minimum absolute atomic E-state index is 0.127. The fraction of sp³-hybridized carbons (Fsp3) is 0.167. The zero-order valence-corrected chi connectivity index (χ0v) is 8.59. The molecule has 0 amide bonds. The van der Waals surface area contributed by atoms with E-state index < -0.39 is 12.1 Å². The highest BCUT2D eigenvalue weighted by molar-refractivity contribution is 9.10. The average Bonchev–Trinajstić information content (AvgIpc) is 1.96. The minimum Gasteiger partial charge on any atom is -0.237 e. The first-order valence-electron chi connectivity index (χ1n) is 2.82. The summed E-state index contributed by atoms with van der Waals surface area (Å²) in [5, 5.41) is 0.0857. The predicted octanol–water partition coefficient (Wildman–Crippen LogP) is 4.09.